The first kappa shape index (κ1) is 15.8. The van der Waals surface area contributed by atoms with Crippen LogP contribution in [0.4, 0.5) is 10.1 Å². The van der Waals surface area contributed by atoms with Gasteiger partial charge in [0.05, 0.1) is 11.3 Å². The molecule has 0 aliphatic heterocycles. The van der Waals surface area contributed by atoms with Crippen LogP contribution in [0.5, 0.6) is 0 Å². The molecular weight excluding hydrogens is 267 g/mol. The highest BCUT2D eigenvalue weighted by Gasteiger charge is 2.29. The Labute approximate surface area is 126 Å². The van der Waals surface area contributed by atoms with Crippen molar-refractivity contribution in [1.82, 2.24) is 5.32 Å². The Balaban J connectivity index is 2.15. The van der Waals surface area contributed by atoms with E-state index < -0.39 is 5.82 Å². The van der Waals surface area contributed by atoms with Crippen LogP contribution in [0.1, 0.15) is 49.9 Å². The molecule has 0 saturated heterocycles. The van der Waals surface area contributed by atoms with Crippen LogP contribution >= 0.6 is 0 Å². The molecule has 4 heteroatoms. The lowest BCUT2D eigenvalue weighted by molar-refractivity contribution is 0.0889. The van der Waals surface area contributed by atoms with Crippen molar-refractivity contribution in [3.05, 3.63) is 29.6 Å². The third-order valence-corrected chi connectivity index (χ3v) is 4.50. The number of amides is 1. The lowest BCUT2D eigenvalue weighted by Gasteiger charge is -2.35. The fourth-order valence-corrected chi connectivity index (χ4v) is 3.35. The highest BCUT2D eigenvalue weighted by Crippen LogP contribution is 2.30. The van der Waals surface area contributed by atoms with Crippen LogP contribution in [-0.2, 0) is 0 Å². The monoisotopic (exact) mass is 292 g/mol. The molecule has 0 spiro atoms. The molecule has 1 fully saturated rings. The van der Waals surface area contributed by atoms with E-state index in [0.717, 1.165) is 19.3 Å². The summed E-state index contributed by atoms with van der Waals surface area (Å²) in [6.07, 6.45) is 4.55. The molecule has 0 heterocycles. The second kappa shape index (κ2) is 6.92. The first-order valence-corrected chi connectivity index (χ1v) is 7.81. The second-order valence-corrected chi connectivity index (χ2v) is 6.18. The van der Waals surface area contributed by atoms with E-state index >= 15 is 0 Å². The van der Waals surface area contributed by atoms with Crippen LogP contribution < -0.4 is 10.6 Å². The number of hydrogen-bond donors (Lipinski definition) is 2. The number of para-hydroxylation sites is 1. The summed E-state index contributed by atoms with van der Waals surface area (Å²) in [5.74, 6) is 0.478. The minimum Gasteiger partial charge on any atom is -0.385 e. The summed E-state index contributed by atoms with van der Waals surface area (Å²) < 4.78 is 13.8. The molecule has 2 unspecified atom stereocenters. The Bertz CT molecular complexity index is 502. The molecule has 1 aliphatic carbocycles. The number of carbonyl (C=O) groups excluding carboxylic acids is 1. The van der Waals surface area contributed by atoms with E-state index in [1.807, 2.05) is 0 Å². The fraction of sp³-hybridized carbons (Fsp3) is 0.588. The number of halogens is 1. The first-order chi connectivity index (χ1) is 10.0. The smallest absolute Gasteiger partial charge is 0.253 e. The van der Waals surface area contributed by atoms with E-state index in [9.17, 15) is 9.18 Å². The normalized spacial score (nSPS) is 22.1. The average Bonchev–Trinajstić information content (AvgIpc) is 2.47. The van der Waals surface area contributed by atoms with Gasteiger partial charge in [-0.15, -0.1) is 0 Å². The van der Waals surface area contributed by atoms with Crippen molar-refractivity contribution in [3.63, 3.8) is 0 Å². The van der Waals surface area contributed by atoms with Crippen molar-refractivity contribution in [2.45, 2.75) is 45.6 Å². The van der Waals surface area contributed by atoms with Crippen LogP contribution in [0.2, 0.25) is 0 Å². The maximum Gasteiger partial charge on any atom is 0.253 e. The number of hydrogen-bond acceptors (Lipinski definition) is 2. The lowest BCUT2D eigenvalue weighted by atomic mass is 9.78. The Hall–Kier alpha value is -1.58. The van der Waals surface area contributed by atoms with Crippen molar-refractivity contribution in [2.24, 2.45) is 11.8 Å². The predicted octanol–water partition coefficient (Wildman–Crippen LogP) is 3.81. The van der Waals surface area contributed by atoms with Gasteiger partial charge >= 0.3 is 0 Å². The lowest BCUT2D eigenvalue weighted by Crippen LogP contribution is -2.44. The van der Waals surface area contributed by atoms with E-state index in [1.54, 1.807) is 19.2 Å². The molecule has 0 aromatic heterocycles. The van der Waals surface area contributed by atoms with Gasteiger partial charge in [0, 0.05) is 13.1 Å². The number of benzene rings is 1. The highest BCUT2D eigenvalue weighted by molar-refractivity contribution is 5.99. The van der Waals surface area contributed by atoms with Crippen molar-refractivity contribution < 1.29 is 9.18 Å². The molecule has 21 heavy (non-hydrogen) atoms. The molecule has 0 radical (unpaired) electrons. The standard InChI is InChI=1S/C17H25FN2O/c1-11(2)12-7-4-5-10-15(12)20-17(21)13-8-6-9-14(18)16(13)19-3/h6,8-9,11-12,15,19H,4-5,7,10H2,1-3H3,(H,20,21). The number of anilines is 1. The number of rotatable bonds is 4. The molecular formula is C17H25FN2O. The molecule has 3 nitrogen and oxygen atoms in total. The van der Waals surface area contributed by atoms with Gasteiger partial charge in [-0.05, 0) is 36.8 Å². The maximum absolute atomic E-state index is 13.8. The van der Waals surface area contributed by atoms with E-state index in [-0.39, 0.29) is 17.6 Å². The topological polar surface area (TPSA) is 41.1 Å². The first-order valence-electron chi connectivity index (χ1n) is 7.81. The summed E-state index contributed by atoms with van der Waals surface area (Å²) in [4.78, 5) is 12.5. The Morgan fingerprint density at radius 3 is 2.67 bits per heavy atom. The van der Waals surface area contributed by atoms with Crippen LogP contribution in [0.25, 0.3) is 0 Å². The van der Waals surface area contributed by atoms with Gasteiger partial charge in [-0.3, -0.25) is 4.79 Å². The third kappa shape index (κ3) is 3.55. The van der Waals surface area contributed by atoms with Crippen LogP contribution in [-0.4, -0.2) is 19.0 Å². The molecule has 1 aliphatic rings. The molecule has 1 aromatic rings. The van der Waals surface area contributed by atoms with Crippen LogP contribution in [0, 0.1) is 17.7 Å². The summed E-state index contributed by atoms with van der Waals surface area (Å²) in [5, 5.41) is 5.90. The summed E-state index contributed by atoms with van der Waals surface area (Å²) in [6.45, 7) is 4.41. The second-order valence-electron chi connectivity index (χ2n) is 6.18. The Kier molecular flexibility index (Phi) is 5.21. The van der Waals surface area contributed by atoms with Gasteiger partial charge in [-0.1, -0.05) is 32.8 Å². The molecule has 1 aromatic carbocycles. The quantitative estimate of drug-likeness (QED) is 0.886. The van der Waals surface area contributed by atoms with Crippen molar-refractivity contribution in [1.29, 1.82) is 0 Å². The fourth-order valence-electron chi connectivity index (χ4n) is 3.35. The van der Waals surface area contributed by atoms with Crippen molar-refractivity contribution in [2.75, 3.05) is 12.4 Å². The molecule has 0 bridgehead atoms. The molecule has 116 valence electrons. The van der Waals surface area contributed by atoms with Gasteiger partial charge in [-0.25, -0.2) is 4.39 Å². The van der Waals surface area contributed by atoms with Gasteiger partial charge in [0.25, 0.3) is 5.91 Å². The molecule has 2 rings (SSSR count). The SMILES string of the molecule is CNc1c(F)cccc1C(=O)NC1CCCCC1C(C)C. The van der Waals surface area contributed by atoms with Gasteiger partial charge in [-0.2, -0.15) is 0 Å². The van der Waals surface area contributed by atoms with Crippen molar-refractivity contribution in [3.8, 4) is 0 Å². The Morgan fingerprint density at radius 1 is 1.29 bits per heavy atom. The minimum atomic E-state index is -0.394. The van der Waals surface area contributed by atoms with Gasteiger partial charge < -0.3 is 10.6 Å². The van der Waals surface area contributed by atoms with Gasteiger partial charge in [0.1, 0.15) is 5.82 Å². The average molecular weight is 292 g/mol. The zero-order valence-electron chi connectivity index (χ0n) is 13.1. The molecule has 2 atom stereocenters. The summed E-state index contributed by atoms with van der Waals surface area (Å²) in [6, 6.07) is 4.79. The van der Waals surface area contributed by atoms with Gasteiger partial charge in [0.15, 0.2) is 0 Å². The largest absolute Gasteiger partial charge is 0.385 e. The zero-order chi connectivity index (χ0) is 15.4. The van der Waals surface area contributed by atoms with E-state index in [2.05, 4.69) is 24.5 Å². The summed E-state index contributed by atoms with van der Waals surface area (Å²) in [7, 11) is 1.63. The number of nitrogens with one attached hydrogen (secondary N) is 2. The van der Waals surface area contributed by atoms with Crippen LogP contribution in [0.3, 0.4) is 0 Å². The maximum atomic E-state index is 13.8. The highest BCUT2D eigenvalue weighted by atomic mass is 19.1. The van der Waals surface area contributed by atoms with Gasteiger partial charge in [0.2, 0.25) is 0 Å². The van der Waals surface area contributed by atoms with Crippen molar-refractivity contribution >= 4 is 11.6 Å². The minimum absolute atomic E-state index is 0.184. The number of carbonyl (C=O) groups is 1. The molecule has 1 saturated carbocycles. The van der Waals surface area contributed by atoms with E-state index in [0.29, 0.717) is 17.4 Å². The predicted molar refractivity (Wildman–Crippen MR) is 84.0 cm³/mol. The third-order valence-electron chi connectivity index (χ3n) is 4.50. The van der Waals surface area contributed by atoms with E-state index in [1.165, 1.54) is 12.5 Å². The molecule has 1 amide bonds. The van der Waals surface area contributed by atoms with Crippen LogP contribution in [0.15, 0.2) is 18.2 Å². The summed E-state index contributed by atoms with van der Waals surface area (Å²) in [5.41, 5.74) is 0.650. The zero-order valence-corrected chi connectivity index (χ0v) is 13.1. The van der Waals surface area contributed by atoms with E-state index in [4.69, 9.17) is 0 Å². The molecule has 2 N–H and O–H groups in total. The Morgan fingerprint density at radius 2 is 2.00 bits per heavy atom. The summed E-state index contributed by atoms with van der Waals surface area (Å²) >= 11 is 0.